The molecule has 0 aromatic carbocycles. The minimum atomic E-state index is -4.76. The minimum absolute atomic E-state index is 0.147. The van der Waals surface area contributed by atoms with Crippen LogP contribution in [0.15, 0.2) is 85.1 Å². The summed E-state index contributed by atoms with van der Waals surface area (Å²) in [7, 11) is -4.76. The lowest BCUT2D eigenvalue weighted by Gasteiger charge is -2.21. The number of carbonyl (C=O) groups excluding carboxylic acids is 3. The summed E-state index contributed by atoms with van der Waals surface area (Å²) >= 11 is 0. The van der Waals surface area contributed by atoms with Crippen LogP contribution in [0.3, 0.4) is 0 Å². The Hall–Kier alpha value is -3.34. The molecule has 3 unspecified atom stereocenters. The van der Waals surface area contributed by atoms with Crippen molar-refractivity contribution in [1.29, 1.82) is 0 Å². The lowest BCUT2D eigenvalue weighted by atomic mass is 10.1. The number of aliphatic hydroxyl groups excluding tert-OH is 1. The van der Waals surface area contributed by atoms with E-state index in [1.54, 1.807) is 0 Å². The van der Waals surface area contributed by atoms with E-state index in [1.165, 1.54) is 64.2 Å². The zero-order valence-corrected chi connectivity index (χ0v) is 47.9. The Morgan fingerprint density at radius 1 is 0.392 bits per heavy atom. The largest absolute Gasteiger partial charge is 0.472 e. The Balaban J connectivity index is 4.80. The first-order chi connectivity index (χ1) is 36.2. The van der Waals surface area contributed by atoms with Crippen molar-refractivity contribution in [2.24, 2.45) is 0 Å². The van der Waals surface area contributed by atoms with E-state index in [0.717, 1.165) is 128 Å². The van der Waals surface area contributed by atoms with Gasteiger partial charge < -0.3 is 24.2 Å². The van der Waals surface area contributed by atoms with Crippen molar-refractivity contribution >= 4 is 25.7 Å². The van der Waals surface area contributed by atoms with Crippen molar-refractivity contribution in [3.05, 3.63) is 85.1 Å². The molecule has 0 fully saturated rings. The fourth-order valence-corrected chi connectivity index (χ4v) is 8.57. The van der Waals surface area contributed by atoms with E-state index in [9.17, 15) is 28.9 Å². The van der Waals surface area contributed by atoms with E-state index in [-0.39, 0.29) is 25.9 Å². The molecule has 0 aromatic rings. The number of rotatable bonds is 54. The predicted octanol–water partition coefficient (Wildman–Crippen LogP) is 17.5. The lowest BCUT2D eigenvalue weighted by Crippen LogP contribution is -2.30. The number of phosphoric ester groups is 1. The Morgan fingerprint density at radius 2 is 0.703 bits per heavy atom. The fraction of sp³-hybridized carbons (Fsp3) is 0.726. The Labute approximate surface area is 451 Å². The van der Waals surface area contributed by atoms with Gasteiger partial charge >= 0.3 is 25.7 Å². The molecule has 426 valence electrons. The monoisotopic (exact) mass is 1060 g/mol. The highest BCUT2D eigenvalue weighted by molar-refractivity contribution is 7.47. The second kappa shape index (κ2) is 55.9. The zero-order valence-electron chi connectivity index (χ0n) is 47.0. The molecule has 0 spiro atoms. The first kappa shape index (κ1) is 70.7. The molecule has 0 bridgehead atoms. The third-order valence-electron chi connectivity index (χ3n) is 12.3. The number of aliphatic hydroxyl groups is 1. The van der Waals surface area contributed by atoms with E-state index in [0.29, 0.717) is 19.3 Å². The normalized spacial score (nSPS) is 14.0. The summed E-state index contributed by atoms with van der Waals surface area (Å²) < 4.78 is 39.5. The number of esters is 3. The molecule has 2 N–H and O–H groups in total. The summed E-state index contributed by atoms with van der Waals surface area (Å²) in [6.07, 6.45) is 63.9. The summed E-state index contributed by atoms with van der Waals surface area (Å²) in [6.45, 7) is 4.46. The highest BCUT2D eigenvalue weighted by Crippen LogP contribution is 2.43. The molecule has 0 aromatic heterocycles. The van der Waals surface area contributed by atoms with Crippen molar-refractivity contribution in [2.45, 2.75) is 264 Å². The van der Waals surface area contributed by atoms with Crippen LogP contribution in [0.4, 0.5) is 0 Å². The van der Waals surface area contributed by atoms with Crippen LogP contribution in [0.1, 0.15) is 252 Å². The smallest absolute Gasteiger partial charge is 0.462 e. The van der Waals surface area contributed by atoms with Gasteiger partial charge in [-0.2, -0.15) is 0 Å². The summed E-state index contributed by atoms with van der Waals surface area (Å²) in [5.41, 5.74) is 0. The summed E-state index contributed by atoms with van der Waals surface area (Å²) in [4.78, 5) is 48.5. The van der Waals surface area contributed by atoms with Crippen LogP contribution >= 0.6 is 7.82 Å². The van der Waals surface area contributed by atoms with Crippen LogP contribution in [0, 0.1) is 0 Å². The van der Waals surface area contributed by atoms with E-state index in [4.69, 9.17) is 23.3 Å². The molecule has 12 heteroatoms. The molecule has 11 nitrogen and oxygen atoms in total. The number of hydrogen-bond acceptors (Lipinski definition) is 10. The lowest BCUT2D eigenvalue weighted by molar-refractivity contribution is -0.161. The molecule has 0 rings (SSSR count). The van der Waals surface area contributed by atoms with Gasteiger partial charge in [-0.25, -0.2) is 4.57 Å². The van der Waals surface area contributed by atoms with Gasteiger partial charge in [-0.3, -0.25) is 23.4 Å². The SMILES string of the molecule is CC/C=C\C/C=C\C/C=C\C/C=C\C/C=C\CCCCCC(=O)OCC(COP(=O)(O)OCC(CO)OC(=O)CCCCCCC/C=C\CCCCCC)OC(=O)CCCCCCC/C=C\CCCCCCCC. The number of allylic oxidation sites excluding steroid dienone is 14. The topological polar surface area (TPSA) is 155 Å². The molecule has 0 aliphatic heterocycles. The number of unbranched alkanes of at least 4 members (excludes halogenated alkanes) is 23. The molecule has 0 radical (unpaired) electrons. The van der Waals surface area contributed by atoms with Gasteiger partial charge in [0.1, 0.15) is 12.7 Å². The molecular formula is C62H107O11P. The Kier molecular flexibility index (Phi) is 53.4. The second-order valence-electron chi connectivity index (χ2n) is 19.4. The average molecular weight is 1060 g/mol. The number of phosphoric acid groups is 1. The molecule has 0 saturated carbocycles. The van der Waals surface area contributed by atoms with Crippen LogP contribution in [0.2, 0.25) is 0 Å². The van der Waals surface area contributed by atoms with Crippen LogP contribution in [-0.4, -0.2) is 66.5 Å². The highest BCUT2D eigenvalue weighted by Gasteiger charge is 2.28. The summed E-state index contributed by atoms with van der Waals surface area (Å²) in [5, 5.41) is 9.81. The van der Waals surface area contributed by atoms with E-state index < -0.39 is 57.8 Å². The van der Waals surface area contributed by atoms with Gasteiger partial charge in [0.2, 0.25) is 0 Å². The Bertz CT molecular complexity index is 1560. The van der Waals surface area contributed by atoms with Crippen molar-refractivity contribution in [2.75, 3.05) is 26.4 Å². The molecule has 0 aliphatic carbocycles. The third-order valence-corrected chi connectivity index (χ3v) is 13.2. The number of hydrogen-bond donors (Lipinski definition) is 2. The second-order valence-corrected chi connectivity index (χ2v) is 20.9. The summed E-state index contributed by atoms with van der Waals surface area (Å²) in [6, 6.07) is 0. The maximum atomic E-state index is 12.9. The average Bonchev–Trinajstić information content (AvgIpc) is 3.39. The van der Waals surface area contributed by atoms with Gasteiger partial charge in [0.05, 0.1) is 19.8 Å². The van der Waals surface area contributed by atoms with Gasteiger partial charge in [-0.05, 0) is 116 Å². The standard InChI is InChI=1S/C62H107O11P/c1-4-7-10-13-16-19-22-25-27-28-29-30-32-34-36-39-42-45-48-51-60(64)69-55-59(73-62(66)53-50-47-44-41-38-35-31-26-23-20-17-14-11-8-5-2)57-71-74(67,68)70-56-58(54-63)72-61(65)52-49-46-43-40-37-33-24-21-18-15-12-9-6-3/h7,10,16,19,21,24-27,29-31,34,36,58-59,63H,4-6,8-9,11-15,17-18,20,22-23,28,32-33,35,37-57H2,1-3H3,(H,67,68)/b10-7-,19-16-,24-21-,27-25-,30-29-,31-26-,36-34-. The molecule has 0 aliphatic rings. The minimum Gasteiger partial charge on any atom is -0.462 e. The maximum Gasteiger partial charge on any atom is 0.472 e. The number of carbonyl (C=O) groups is 3. The zero-order chi connectivity index (χ0) is 54.1. The molecular weight excluding hydrogens is 952 g/mol. The predicted molar refractivity (Wildman–Crippen MR) is 307 cm³/mol. The van der Waals surface area contributed by atoms with Crippen molar-refractivity contribution in [3.8, 4) is 0 Å². The maximum absolute atomic E-state index is 12.9. The third kappa shape index (κ3) is 53.5. The Morgan fingerprint density at radius 3 is 1.12 bits per heavy atom. The van der Waals surface area contributed by atoms with Crippen LogP contribution < -0.4 is 0 Å². The molecule has 74 heavy (non-hydrogen) atoms. The van der Waals surface area contributed by atoms with Crippen LogP contribution in [-0.2, 0) is 42.2 Å². The van der Waals surface area contributed by atoms with Crippen molar-refractivity contribution in [1.82, 2.24) is 0 Å². The van der Waals surface area contributed by atoms with Crippen molar-refractivity contribution < 1.29 is 52.2 Å². The van der Waals surface area contributed by atoms with Gasteiger partial charge in [0, 0.05) is 19.3 Å². The van der Waals surface area contributed by atoms with Gasteiger partial charge in [0.15, 0.2) is 6.10 Å². The van der Waals surface area contributed by atoms with Crippen LogP contribution in [0.5, 0.6) is 0 Å². The highest BCUT2D eigenvalue weighted by atomic mass is 31.2. The molecule has 3 atom stereocenters. The molecule has 0 amide bonds. The first-order valence-electron chi connectivity index (χ1n) is 29.5. The van der Waals surface area contributed by atoms with Gasteiger partial charge in [0.25, 0.3) is 0 Å². The van der Waals surface area contributed by atoms with Gasteiger partial charge in [-0.1, -0.05) is 202 Å². The summed E-state index contributed by atoms with van der Waals surface area (Å²) in [5.74, 6) is -1.52. The first-order valence-corrected chi connectivity index (χ1v) is 31.0. The molecule has 0 saturated heterocycles. The van der Waals surface area contributed by atoms with Crippen molar-refractivity contribution in [3.63, 3.8) is 0 Å². The van der Waals surface area contributed by atoms with E-state index in [1.807, 2.05) is 0 Å². The van der Waals surface area contributed by atoms with Gasteiger partial charge in [-0.15, -0.1) is 0 Å². The van der Waals surface area contributed by atoms with E-state index >= 15 is 0 Å². The fourth-order valence-electron chi connectivity index (χ4n) is 7.78. The molecule has 0 heterocycles. The van der Waals surface area contributed by atoms with E-state index in [2.05, 4.69) is 106 Å². The van der Waals surface area contributed by atoms with Crippen LogP contribution in [0.25, 0.3) is 0 Å². The quantitative estimate of drug-likeness (QED) is 0.0197. The number of ether oxygens (including phenoxy) is 3.